The van der Waals surface area contributed by atoms with E-state index in [0.29, 0.717) is 18.8 Å². The van der Waals surface area contributed by atoms with Gasteiger partial charge in [-0.1, -0.05) is 12.1 Å². The fourth-order valence-electron chi connectivity index (χ4n) is 1.37. The number of rotatable bonds is 2. The molecule has 0 aliphatic rings. The first-order valence-electron chi connectivity index (χ1n) is 4.60. The normalized spacial score (nSPS) is 10.7. The van der Waals surface area contributed by atoms with Crippen molar-refractivity contribution in [3.8, 4) is 0 Å². The number of hydrogen-bond acceptors (Lipinski definition) is 4. The average Bonchev–Trinajstić information content (AvgIpc) is 2.20. The fourth-order valence-corrected chi connectivity index (χ4v) is 1.37. The quantitative estimate of drug-likeness (QED) is 0.758. The first-order valence-corrected chi connectivity index (χ1v) is 4.60. The van der Waals surface area contributed by atoms with E-state index >= 15 is 0 Å². The van der Waals surface area contributed by atoms with Gasteiger partial charge in [-0.15, -0.1) is 10.2 Å². The molecule has 14 heavy (non-hydrogen) atoms. The van der Waals surface area contributed by atoms with Gasteiger partial charge in [-0.25, -0.2) is 4.98 Å². The number of aromatic nitrogens is 3. The average molecular weight is 188 g/mol. The molecule has 0 saturated heterocycles. The van der Waals surface area contributed by atoms with Gasteiger partial charge in [0.25, 0.3) is 0 Å². The van der Waals surface area contributed by atoms with Gasteiger partial charge in [0.15, 0.2) is 5.82 Å². The van der Waals surface area contributed by atoms with E-state index in [0.717, 1.165) is 16.6 Å². The van der Waals surface area contributed by atoms with Crippen LogP contribution in [-0.4, -0.2) is 21.7 Å². The summed E-state index contributed by atoms with van der Waals surface area (Å²) in [5.41, 5.74) is 8.32. The molecule has 0 amide bonds. The van der Waals surface area contributed by atoms with Crippen molar-refractivity contribution in [3.63, 3.8) is 0 Å². The first kappa shape index (κ1) is 9.02. The Morgan fingerprint density at radius 1 is 1.29 bits per heavy atom. The highest BCUT2D eigenvalue weighted by Crippen LogP contribution is 2.12. The van der Waals surface area contributed by atoms with Gasteiger partial charge in [0.2, 0.25) is 0 Å². The van der Waals surface area contributed by atoms with E-state index in [4.69, 9.17) is 5.73 Å². The minimum atomic E-state index is 0.555. The first-order chi connectivity index (χ1) is 6.81. The summed E-state index contributed by atoms with van der Waals surface area (Å²) in [6.45, 7) is 2.57. The molecule has 0 aliphatic carbocycles. The van der Waals surface area contributed by atoms with Gasteiger partial charge < -0.3 is 5.73 Å². The SMILES string of the molecule is Cc1cccc2nnc(CCN)nc12. The van der Waals surface area contributed by atoms with Gasteiger partial charge in [0, 0.05) is 6.42 Å². The van der Waals surface area contributed by atoms with Crippen LogP contribution in [0.2, 0.25) is 0 Å². The Hall–Kier alpha value is -1.55. The highest BCUT2D eigenvalue weighted by molar-refractivity contribution is 5.76. The predicted molar refractivity (Wildman–Crippen MR) is 54.8 cm³/mol. The maximum Gasteiger partial charge on any atom is 0.152 e. The third-order valence-corrected chi connectivity index (χ3v) is 2.10. The molecule has 0 aliphatic heterocycles. The maximum absolute atomic E-state index is 5.43. The van der Waals surface area contributed by atoms with Crippen LogP contribution in [0.5, 0.6) is 0 Å². The summed E-state index contributed by atoms with van der Waals surface area (Å²) in [4.78, 5) is 4.41. The summed E-state index contributed by atoms with van der Waals surface area (Å²) in [6.07, 6.45) is 0.678. The van der Waals surface area contributed by atoms with Gasteiger partial charge in [-0.05, 0) is 25.1 Å². The molecule has 0 spiro atoms. The molecule has 2 aromatic rings. The highest BCUT2D eigenvalue weighted by Gasteiger charge is 2.02. The van der Waals surface area contributed by atoms with E-state index in [1.807, 2.05) is 25.1 Å². The van der Waals surface area contributed by atoms with Crippen molar-refractivity contribution in [1.29, 1.82) is 0 Å². The van der Waals surface area contributed by atoms with Crippen LogP contribution in [0.25, 0.3) is 11.0 Å². The molecule has 0 unspecified atom stereocenters. The monoisotopic (exact) mass is 188 g/mol. The molecule has 0 bridgehead atoms. The number of nitrogens with two attached hydrogens (primary N) is 1. The zero-order valence-corrected chi connectivity index (χ0v) is 8.07. The third kappa shape index (κ3) is 1.56. The van der Waals surface area contributed by atoms with E-state index in [1.54, 1.807) is 0 Å². The number of hydrogen-bond donors (Lipinski definition) is 1. The lowest BCUT2D eigenvalue weighted by Gasteiger charge is -2.01. The zero-order valence-electron chi connectivity index (χ0n) is 8.07. The summed E-state index contributed by atoms with van der Waals surface area (Å²) in [6, 6.07) is 5.88. The van der Waals surface area contributed by atoms with Gasteiger partial charge in [-0.3, -0.25) is 0 Å². The van der Waals surface area contributed by atoms with Crippen LogP contribution in [-0.2, 0) is 6.42 Å². The van der Waals surface area contributed by atoms with Crippen LogP contribution in [0, 0.1) is 6.92 Å². The third-order valence-electron chi connectivity index (χ3n) is 2.10. The van der Waals surface area contributed by atoms with Crippen molar-refractivity contribution < 1.29 is 0 Å². The second-order valence-corrected chi connectivity index (χ2v) is 3.21. The van der Waals surface area contributed by atoms with E-state index in [9.17, 15) is 0 Å². The minimum Gasteiger partial charge on any atom is -0.330 e. The van der Waals surface area contributed by atoms with Crippen molar-refractivity contribution in [2.45, 2.75) is 13.3 Å². The largest absolute Gasteiger partial charge is 0.330 e. The lowest BCUT2D eigenvalue weighted by atomic mass is 10.2. The molecule has 4 nitrogen and oxygen atoms in total. The number of nitrogens with zero attached hydrogens (tertiary/aromatic N) is 3. The Morgan fingerprint density at radius 2 is 2.14 bits per heavy atom. The fraction of sp³-hybridized carbons (Fsp3) is 0.300. The standard InChI is InChI=1S/C10H12N4/c1-7-3-2-4-8-10(7)12-9(5-6-11)14-13-8/h2-4H,5-6,11H2,1H3. The number of benzene rings is 1. The number of aryl methyl sites for hydroxylation is 1. The summed E-state index contributed by atoms with van der Waals surface area (Å²) in [5, 5.41) is 8.09. The van der Waals surface area contributed by atoms with Crippen LogP contribution in [0.4, 0.5) is 0 Å². The Bertz CT molecular complexity index is 453. The molecule has 2 rings (SSSR count). The molecule has 0 fully saturated rings. The van der Waals surface area contributed by atoms with E-state index in [-0.39, 0.29) is 0 Å². The molecule has 0 radical (unpaired) electrons. The van der Waals surface area contributed by atoms with Crippen LogP contribution in [0.15, 0.2) is 18.2 Å². The Labute approximate surface area is 82.2 Å². The van der Waals surface area contributed by atoms with Crippen LogP contribution in [0.3, 0.4) is 0 Å². The summed E-state index contributed by atoms with van der Waals surface area (Å²) in [5.74, 6) is 0.717. The molecule has 1 aromatic carbocycles. The molecule has 2 N–H and O–H groups in total. The van der Waals surface area contributed by atoms with Crippen LogP contribution < -0.4 is 5.73 Å². The summed E-state index contributed by atoms with van der Waals surface area (Å²) in [7, 11) is 0. The molecule has 1 heterocycles. The topological polar surface area (TPSA) is 64.7 Å². The summed E-state index contributed by atoms with van der Waals surface area (Å²) >= 11 is 0. The van der Waals surface area contributed by atoms with E-state index < -0.39 is 0 Å². The zero-order chi connectivity index (χ0) is 9.97. The van der Waals surface area contributed by atoms with Crippen molar-refractivity contribution in [2.75, 3.05) is 6.54 Å². The number of fused-ring (bicyclic) bond motifs is 1. The number of para-hydroxylation sites is 1. The van der Waals surface area contributed by atoms with Gasteiger partial charge in [0.1, 0.15) is 5.52 Å². The predicted octanol–water partition coefficient (Wildman–Crippen LogP) is 0.834. The smallest absolute Gasteiger partial charge is 0.152 e. The minimum absolute atomic E-state index is 0.555. The van der Waals surface area contributed by atoms with E-state index in [1.165, 1.54) is 0 Å². The Morgan fingerprint density at radius 3 is 2.93 bits per heavy atom. The van der Waals surface area contributed by atoms with Crippen LogP contribution in [0.1, 0.15) is 11.4 Å². The molecule has 72 valence electrons. The van der Waals surface area contributed by atoms with Crippen molar-refractivity contribution >= 4 is 11.0 Å². The van der Waals surface area contributed by atoms with Gasteiger partial charge >= 0.3 is 0 Å². The second kappa shape index (κ2) is 3.67. The highest BCUT2D eigenvalue weighted by atomic mass is 15.1. The molecule has 0 saturated carbocycles. The van der Waals surface area contributed by atoms with Crippen LogP contribution >= 0.6 is 0 Å². The Balaban J connectivity index is 2.58. The molecular weight excluding hydrogens is 176 g/mol. The van der Waals surface area contributed by atoms with Gasteiger partial charge in [0.05, 0.1) is 5.52 Å². The maximum atomic E-state index is 5.43. The van der Waals surface area contributed by atoms with Crippen molar-refractivity contribution in [1.82, 2.24) is 15.2 Å². The molecular formula is C10H12N4. The lowest BCUT2D eigenvalue weighted by Crippen LogP contribution is -2.07. The molecule has 1 aromatic heterocycles. The Kier molecular flexibility index (Phi) is 2.37. The second-order valence-electron chi connectivity index (χ2n) is 3.21. The van der Waals surface area contributed by atoms with Crippen molar-refractivity contribution in [3.05, 3.63) is 29.6 Å². The van der Waals surface area contributed by atoms with Gasteiger partial charge in [-0.2, -0.15) is 0 Å². The molecule has 4 heteroatoms. The lowest BCUT2D eigenvalue weighted by molar-refractivity contribution is 0.831. The van der Waals surface area contributed by atoms with E-state index in [2.05, 4.69) is 15.2 Å². The molecule has 0 atom stereocenters. The summed E-state index contributed by atoms with van der Waals surface area (Å²) < 4.78 is 0. The van der Waals surface area contributed by atoms with Crippen molar-refractivity contribution in [2.24, 2.45) is 5.73 Å².